The number of hydrogen-bond donors (Lipinski definition) is 3. The van der Waals surface area contributed by atoms with Gasteiger partial charge in [-0.05, 0) is 26.2 Å². The Hall–Kier alpha value is -0.160. The lowest BCUT2D eigenvalue weighted by atomic mass is 9.99. The van der Waals surface area contributed by atoms with E-state index < -0.39 is 5.60 Å². The molecule has 1 fully saturated rings. The molecule has 16 heavy (non-hydrogen) atoms. The van der Waals surface area contributed by atoms with Crippen molar-refractivity contribution >= 4 is 0 Å². The molecule has 3 unspecified atom stereocenters. The van der Waals surface area contributed by atoms with Crippen LogP contribution in [0.1, 0.15) is 39.5 Å². The Labute approximate surface area is 98.0 Å². The summed E-state index contributed by atoms with van der Waals surface area (Å²) in [5.74, 6) is 0. The Morgan fingerprint density at radius 1 is 1.50 bits per heavy atom. The first-order chi connectivity index (χ1) is 7.57. The first-order valence-electron chi connectivity index (χ1n) is 6.25. The minimum atomic E-state index is -1.02. The van der Waals surface area contributed by atoms with Gasteiger partial charge in [0.1, 0.15) is 0 Å². The average Bonchev–Trinajstić information content (AvgIpc) is 2.28. The van der Waals surface area contributed by atoms with Crippen LogP contribution in [0.15, 0.2) is 0 Å². The van der Waals surface area contributed by atoms with E-state index in [0.29, 0.717) is 18.7 Å². The fourth-order valence-corrected chi connectivity index (χ4v) is 2.01. The number of aliphatic hydroxyl groups is 2. The van der Waals surface area contributed by atoms with Crippen LogP contribution in [0.25, 0.3) is 0 Å². The minimum Gasteiger partial charge on any atom is -0.393 e. The molecular formula is C12H25NO3. The van der Waals surface area contributed by atoms with Crippen LogP contribution >= 0.6 is 0 Å². The molecule has 4 heteroatoms. The number of ether oxygens (including phenoxy) is 1. The standard InChI is InChI=1S/C12H25NO3/c1-3-4-11-7-10(5-6-16-11)13-8-12(2,15)9-14/h10-11,13-15H,3-9H2,1-2H3. The van der Waals surface area contributed by atoms with Crippen LogP contribution < -0.4 is 5.32 Å². The molecule has 3 N–H and O–H groups in total. The van der Waals surface area contributed by atoms with Crippen LogP contribution in [-0.4, -0.2) is 47.7 Å². The van der Waals surface area contributed by atoms with Gasteiger partial charge < -0.3 is 20.3 Å². The van der Waals surface area contributed by atoms with Gasteiger partial charge in [0.2, 0.25) is 0 Å². The van der Waals surface area contributed by atoms with Gasteiger partial charge in [-0.25, -0.2) is 0 Å². The molecule has 0 aromatic heterocycles. The van der Waals surface area contributed by atoms with Gasteiger partial charge in [-0.15, -0.1) is 0 Å². The van der Waals surface area contributed by atoms with Crippen molar-refractivity contribution < 1.29 is 14.9 Å². The van der Waals surface area contributed by atoms with Crippen LogP contribution in [-0.2, 0) is 4.74 Å². The Morgan fingerprint density at radius 2 is 2.25 bits per heavy atom. The van der Waals surface area contributed by atoms with Crippen molar-refractivity contribution in [2.24, 2.45) is 0 Å². The summed E-state index contributed by atoms with van der Waals surface area (Å²) in [6.45, 7) is 4.83. The number of hydrogen-bond acceptors (Lipinski definition) is 4. The van der Waals surface area contributed by atoms with E-state index >= 15 is 0 Å². The van der Waals surface area contributed by atoms with Crippen molar-refractivity contribution in [3.63, 3.8) is 0 Å². The van der Waals surface area contributed by atoms with Gasteiger partial charge in [0.05, 0.1) is 18.3 Å². The quantitative estimate of drug-likeness (QED) is 0.628. The number of aliphatic hydroxyl groups excluding tert-OH is 1. The Balaban J connectivity index is 2.26. The third-order valence-electron chi connectivity index (χ3n) is 3.09. The SMILES string of the molecule is CCCC1CC(NCC(C)(O)CO)CCO1. The van der Waals surface area contributed by atoms with E-state index in [1.54, 1.807) is 6.92 Å². The molecule has 1 saturated heterocycles. The second-order valence-electron chi connectivity index (χ2n) is 5.04. The van der Waals surface area contributed by atoms with Gasteiger partial charge in [-0.1, -0.05) is 13.3 Å². The van der Waals surface area contributed by atoms with Gasteiger partial charge in [0.15, 0.2) is 0 Å². The summed E-state index contributed by atoms with van der Waals surface area (Å²) in [6, 6.07) is 0.406. The maximum absolute atomic E-state index is 9.68. The highest BCUT2D eigenvalue weighted by molar-refractivity contribution is 4.81. The van der Waals surface area contributed by atoms with Gasteiger partial charge in [-0.3, -0.25) is 0 Å². The van der Waals surface area contributed by atoms with E-state index in [1.165, 1.54) is 0 Å². The fraction of sp³-hybridized carbons (Fsp3) is 1.00. The van der Waals surface area contributed by atoms with E-state index in [0.717, 1.165) is 32.3 Å². The van der Waals surface area contributed by atoms with Crippen molar-refractivity contribution in [1.82, 2.24) is 5.32 Å². The zero-order valence-electron chi connectivity index (χ0n) is 10.4. The Kier molecular flexibility index (Phi) is 5.69. The van der Waals surface area contributed by atoms with E-state index in [2.05, 4.69) is 12.2 Å². The van der Waals surface area contributed by atoms with Gasteiger partial charge in [0, 0.05) is 19.2 Å². The molecule has 0 bridgehead atoms. The summed E-state index contributed by atoms with van der Waals surface area (Å²) in [5, 5.41) is 21.9. The zero-order chi connectivity index (χ0) is 12.0. The fourth-order valence-electron chi connectivity index (χ4n) is 2.01. The van der Waals surface area contributed by atoms with Crippen LogP contribution in [0.4, 0.5) is 0 Å². The molecule has 0 saturated carbocycles. The molecule has 1 aliphatic heterocycles. The molecule has 0 radical (unpaired) electrons. The molecule has 96 valence electrons. The molecular weight excluding hydrogens is 206 g/mol. The highest BCUT2D eigenvalue weighted by atomic mass is 16.5. The summed E-state index contributed by atoms with van der Waals surface area (Å²) >= 11 is 0. The molecule has 0 amide bonds. The minimum absolute atomic E-state index is 0.207. The molecule has 0 aromatic carbocycles. The van der Waals surface area contributed by atoms with E-state index in [9.17, 15) is 5.11 Å². The molecule has 1 heterocycles. The van der Waals surface area contributed by atoms with Crippen molar-refractivity contribution in [2.45, 2.75) is 57.3 Å². The first kappa shape index (κ1) is 13.9. The first-order valence-corrected chi connectivity index (χ1v) is 6.25. The van der Waals surface area contributed by atoms with Crippen LogP contribution in [0, 0.1) is 0 Å². The third-order valence-corrected chi connectivity index (χ3v) is 3.09. The summed E-state index contributed by atoms with van der Waals surface area (Å²) < 4.78 is 5.65. The van der Waals surface area contributed by atoms with Crippen molar-refractivity contribution in [2.75, 3.05) is 19.8 Å². The lowest BCUT2D eigenvalue weighted by molar-refractivity contribution is -0.0215. The summed E-state index contributed by atoms with van der Waals surface area (Å²) in [6.07, 6.45) is 4.60. The predicted octanol–water partition coefficient (Wildman–Crippen LogP) is 0.667. The zero-order valence-corrected chi connectivity index (χ0v) is 10.4. The Bertz CT molecular complexity index is 195. The third kappa shape index (κ3) is 4.78. The molecule has 3 atom stereocenters. The topological polar surface area (TPSA) is 61.7 Å². The molecule has 0 aliphatic carbocycles. The normalized spacial score (nSPS) is 30.0. The highest BCUT2D eigenvalue weighted by Crippen LogP contribution is 2.18. The lowest BCUT2D eigenvalue weighted by Crippen LogP contribution is -2.47. The maximum Gasteiger partial charge on any atom is 0.0972 e. The van der Waals surface area contributed by atoms with E-state index in [-0.39, 0.29) is 6.61 Å². The van der Waals surface area contributed by atoms with Gasteiger partial charge in [0.25, 0.3) is 0 Å². The molecule has 0 aromatic rings. The van der Waals surface area contributed by atoms with E-state index in [1.807, 2.05) is 0 Å². The van der Waals surface area contributed by atoms with Crippen LogP contribution in [0.2, 0.25) is 0 Å². The van der Waals surface area contributed by atoms with Crippen molar-refractivity contribution in [1.29, 1.82) is 0 Å². The highest BCUT2D eigenvalue weighted by Gasteiger charge is 2.25. The number of nitrogens with one attached hydrogen (secondary N) is 1. The second-order valence-corrected chi connectivity index (χ2v) is 5.04. The van der Waals surface area contributed by atoms with Crippen molar-refractivity contribution in [3.8, 4) is 0 Å². The maximum atomic E-state index is 9.68. The Morgan fingerprint density at radius 3 is 2.88 bits per heavy atom. The predicted molar refractivity (Wildman–Crippen MR) is 63.4 cm³/mol. The van der Waals surface area contributed by atoms with Crippen molar-refractivity contribution in [3.05, 3.63) is 0 Å². The summed E-state index contributed by atoms with van der Waals surface area (Å²) in [4.78, 5) is 0. The average molecular weight is 231 g/mol. The largest absolute Gasteiger partial charge is 0.393 e. The lowest BCUT2D eigenvalue weighted by Gasteiger charge is -2.32. The molecule has 1 aliphatic rings. The molecule has 1 rings (SSSR count). The second kappa shape index (κ2) is 6.55. The summed E-state index contributed by atoms with van der Waals surface area (Å²) in [7, 11) is 0. The van der Waals surface area contributed by atoms with Crippen LogP contribution in [0.3, 0.4) is 0 Å². The van der Waals surface area contributed by atoms with Gasteiger partial charge >= 0.3 is 0 Å². The smallest absolute Gasteiger partial charge is 0.0972 e. The van der Waals surface area contributed by atoms with Crippen LogP contribution in [0.5, 0.6) is 0 Å². The number of rotatable bonds is 6. The molecule has 4 nitrogen and oxygen atoms in total. The monoisotopic (exact) mass is 231 g/mol. The van der Waals surface area contributed by atoms with E-state index in [4.69, 9.17) is 9.84 Å². The van der Waals surface area contributed by atoms with Gasteiger partial charge in [-0.2, -0.15) is 0 Å². The molecule has 0 spiro atoms. The summed E-state index contributed by atoms with van der Waals surface area (Å²) in [5.41, 5.74) is -1.02.